The first-order valence-corrected chi connectivity index (χ1v) is 9.03. The third kappa shape index (κ3) is 2.39. The predicted octanol–water partition coefficient (Wildman–Crippen LogP) is 0.903. The summed E-state index contributed by atoms with van der Waals surface area (Å²) in [7, 11) is 0. The largest absolute Gasteiger partial charge is 0.494 e. The van der Waals surface area contributed by atoms with Crippen LogP contribution in [-0.2, 0) is 6.42 Å². The van der Waals surface area contributed by atoms with Crippen molar-refractivity contribution in [1.29, 1.82) is 0 Å². The fourth-order valence-corrected chi connectivity index (χ4v) is 3.95. The van der Waals surface area contributed by atoms with Crippen molar-refractivity contribution >= 4 is 10.9 Å². The van der Waals surface area contributed by atoms with E-state index in [1.807, 2.05) is 37.4 Å². The molecule has 5 N–H and O–H groups in total. The fraction of sp³-hybridized carbons (Fsp3) is 0.368. The van der Waals surface area contributed by atoms with Gasteiger partial charge in [-0.1, -0.05) is 25.1 Å². The van der Waals surface area contributed by atoms with Gasteiger partial charge in [-0.05, 0) is 25.0 Å². The van der Waals surface area contributed by atoms with Crippen LogP contribution in [-0.4, -0.2) is 26.2 Å². The molecule has 0 unspecified atom stereocenters. The molecule has 0 saturated heterocycles. The number of para-hydroxylation sites is 1. The SMILES string of the molecule is CC[C@@H](C)n1c(O)c([C@@H]2[NH2+]CCc3c2[nH]c2ccccc32)c(=O)[nH]c1=O. The Balaban J connectivity index is 1.96. The van der Waals surface area contributed by atoms with Crippen LogP contribution < -0.4 is 16.6 Å². The second kappa shape index (κ2) is 6.17. The summed E-state index contributed by atoms with van der Waals surface area (Å²) in [6, 6.07) is 7.47. The highest BCUT2D eigenvalue weighted by Crippen LogP contribution is 2.32. The number of nitrogens with one attached hydrogen (secondary N) is 2. The number of nitrogens with two attached hydrogens (primary N) is 1. The first-order chi connectivity index (χ1) is 12.5. The number of aromatic hydroxyl groups is 1. The van der Waals surface area contributed by atoms with Crippen molar-refractivity contribution in [3.8, 4) is 5.88 Å². The van der Waals surface area contributed by atoms with Crippen LogP contribution in [0.4, 0.5) is 0 Å². The summed E-state index contributed by atoms with van der Waals surface area (Å²) in [6.07, 6.45) is 1.56. The zero-order valence-corrected chi connectivity index (χ0v) is 14.9. The fourth-order valence-electron chi connectivity index (χ4n) is 3.95. The lowest BCUT2D eigenvalue weighted by atomic mass is 9.95. The Morgan fingerprint density at radius 3 is 2.85 bits per heavy atom. The van der Waals surface area contributed by atoms with Gasteiger partial charge >= 0.3 is 5.69 Å². The molecule has 0 bridgehead atoms. The number of hydrogen-bond acceptors (Lipinski definition) is 3. The summed E-state index contributed by atoms with van der Waals surface area (Å²) in [6.45, 7) is 4.59. The van der Waals surface area contributed by atoms with Crippen LogP contribution in [0.15, 0.2) is 33.9 Å². The van der Waals surface area contributed by atoms with Gasteiger partial charge < -0.3 is 15.4 Å². The molecule has 0 fully saturated rings. The topological polar surface area (TPSA) is 107 Å². The van der Waals surface area contributed by atoms with Gasteiger partial charge in [0.2, 0.25) is 5.88 Å². The Bertz CT molecular complexity index is 1090. The molecule has 26 heavy (non-hydrogen) atoms. The molecule has 0 spiro atoms. The Morgan fingerprint density at radius 2 is 2.08 bits per heavy atom. The highest BCUT2D eigenvalue weighted by Gasteiger charge is 2.34. The minimum Gasteiger partial charge on any atom is -0.494 e. The number of rotatable bonds is 3. The molecule has 0 saturated carbocycles. The van der Waals surface area contributed by atoms with Crippen LogP contribution in [0, 0.1) is 0 Å². The Morgan fingerprint density at radius 1 is 1.31 bits per heavy atom. The number of aromatic amines is 2. The number of fused-ring (bicyclic) bond motifs is 3. The van der Waals surface area contributed by atoms with Gasteiger partial charge in [-0.3, -0.25) is 14.3 Å². The van der Waals surface area contributed by atoms with Crippen molar-refractivity contribution in [2.75, 3.05) is 6.54 Å². The molecule has 136 valence electrons. The monoisotopic (exact) mass is 355 g/mol. The summed E-state index contributed by atoms with van der Waals surface area (Å²) in [5.41, 5.74) is 2.25. The van der Waals surface area contributed by atoms with E-state index in [0.29, 0.717) is 6.42 Å². The molecule has 4 rings (SSSR count). The number of benzene rings is 1. The van der Waals surface area contributed by atoms with Crippen LogP contribution in [0.3, 0.4) is 0 Å². The lowest BCUT2D eigenvalue weighted by Gasteiger charge is -2.23. The molecule has 1 aromatic carbocycles. The molecule has 3 aromatic rings. The summed E-state index contributed by atoms with van der Waals surface area (Å²) >= 11 is 0. The van der Waals surface area contributed by atoms with E-state index in [-0.39, 0.29) is 23.5 Å². The summed E-state index contributed by atoms with van der Waals surface area (Å²) in [5.74, 6) is -0.235. The molecule has 2 atom stereocenters. The van der Waals surface area contributed by atoms with Crippen molar-refractivity contribution in [2.45, 2.75) is 38.8 Å². The van der Waals surface area contributed by atoms with Crippen molar-refractivity contribution < 1.29 is 10.4 Å². The smallest absolute Gasteiger partial charge is 0.331 e. The van der Waals surface area contributed by atoms with Crippen LogP contribution in [0.5, 0.6) is 5.88 Å². The molecular weight excluding hydrogens is 332 g/mol. The maximum Gasteiger partial charge on any atom is 0.331 e. The van der Waals surface area contributed by atoms with Gasteiger partial charge in [-0.15, -0.1) is 0 Å². The van der Waals surface area contributed by atoms with Crippen LogP contribution in [0.2, 0.25) is 0 Å². The molecular formula is C19H23N4O3+. The molecule has 7 heteroatoms. The highest BCUT2D eigenvalue weighted by molar-refractivity contribution is 5.85. The lowest BCUT2D eigenvalue weighted by molar-refractivity contribution is -0.690. The molecule has 1 aliphatic heterocycles. The molecule has 0 radical (unpaired) electrons. The average molecular weight is 355 g/mol. The van der Waals surface area contributed by atoms with Gasteiger partial charge in [-0.2, -0.15) is 0 Å². The third-order valence-electron chi connectivity index (χ3n) is 5.45. The van der Waals surface area contributed by atoms with E-state index in [0.717, 1.165) is 29.6 Å². The summed E-state index contributed by atoms with van der Waals surface area (Å²) < 4.78 is 1.28. The normalized spacial score (nSPS) is 18.0. The molecule has 2 aromatic heterocycles. The van der Waals surface area contributed by atoms with Gasteiger partial charge in [-0.25, -0.2) is 4.79 Å². The first kappa shape index (κ1) is 16.7. The van der Waals surface area contributed by atoms with Crippen LogP contribution >= 0.6 is 0 Å². The third-order valence-corrected chi connectivity index (χ3v) is 5.45. The second-order valence-corrected chi connectivity index (χ2v) is 6.94. The zero-order chi connectivity index (χ0) is 18.4. The van der Waals surface area contributed by atoms with Crippen molar-refractivity contribution in [2.24, 2.45) is 0 Å². The Kier molecular flexibility index (Phi) is 3.96. The van der Waals surface area contributed by atoms with Gasteiger partial charge in [0.25, 0.3) is 5.56 Å². The number of nitrogens with zero attached hydrogens (tertiary/aromatic N) is 1. The highest BCUT2D eigenvalue weighted by atomic mass is 16.3. The van der Waals surface area contributed by atoms with Gasteiger partial charge in [0.1, 0.15) is 5.56 Å². The van der Waals surface area contributed by atoms with E-state index in [1.54, 1.807) is 0 Å². The number of hydrogen-bond donors (Lipinski definition) is 4. The standard InChI is InChI=1S/C19H22N4O3/c1-3-10(2)23-18(25)14(17(24)22-19(23)26)16-15-12(8-9-20-16)11-6-4-5-7-13(11)21-15/h4-7,10,16,20-21,25H,3,8-9H2,1-2H3,(H,22,24,26)/p+1/t10-,16+/m1/s1. The molecule has 0 amide bonds. The molecule has 7 nitrogen and oxygen atoms in total. The van der Waals surface area contributed by atoms with E-state index < -0.39 is 11.2 Å². The Hall–Kier alpha value is -2.80. The van der Waals surface area contributed by atoms with Gasteiger partial charge in [0.15, 0.2) is 6.04 Å². The van der Waals surface area contributed by atoms with Crippen LogP contribution in [0.25, 0.3) is 10.9 Å². The quantitative estimate of drug-likeness (QED) is 0.561. The summed E-state index contributed by atoms with van der Waals surface area (Å²) in [4.78, 5) is 30.6. The zero-order valence-electron chi connectivity index (χ0n) is 14.9. The maximum absolute atomic E-state index is 12.6. The van der Waals surface area contributed by atoms with E-state index in [1.165, 1.54) is 10.1 Å². The number of quaternary nitrogens is 1. The molecule has 3 heterocycles. The number of H-pyrrole nitrogens is 2. The number of aromatic nitrogens is 3. The maximum atomic E-state index is 12.6. The first-order valence-electron chi connectivity index (χ1n) is 9.03. The Labute approximate surface area is 149 Å². The van der Waals surface area contributed by atoms with E-state index in [9.17, 15) is 14.7 Å². The van der Waals surface area contributed by atoms with E-state index >= 15 is 0 Å². The van der Waals surface area contributed by atoms with Crippen molar-refractivity contribution in [1.82, 2.24) is 14.5 Å². The van der Waals surface area contributed by atoms with Gasteiger partial charge in [0, 0.05) is 23.4 Å². The van der Waals surface area contributed by atoms with E-state index in [4.69, 9.17) is 0 Å². The molecule has 1 aliphatic rings. The lowest BCUT2D eigenvalue weighted by Crippen LogP contribution is -2.87. The minimum absolute atomic E-state index is 0.205. The average Bonchev–Trinajstić information content (AvgIpc) is 3.00. The van der Waals surface area contributed by atoms with Gasteiger partial charge in [0.05, 0.1) is 12.2 Å². The minimum atomic E-state index is -0.571. The van der Waals surface area contributed by atoms with Crippen LogP contribution in [0.1, 0.15) is 49.2 Å². The second-order valence-electron chi connectivity index (χ2n) is 6.94. The predicted molar refractivity (Wildman–Crippen MR) is 98.6 cm³/mol. The van der Waals surface area contributed by atoms with Crippen molar-refractivity contribution in [3.63, 3.8) is 0 Å². The summed E-state index contributed by atoms with van der Waals surface area (Å²) in [5, 5.41) is 14.0. The molecule has 0 aliphatic carbocycles. The van der Waals surface area contributed by atoms with Crippen molar-refractivity contribution in [3.05, 3.63) is 61.9 Å². The van der Waals surface area contributed by atoms with E-state index in [2.05, 4.69) is 16.0 Å².